The first kappa shape index (κ1) is 21.2. The lowest BCUT2D eigenvalue weighted by atomic mass is 10.0. The summed E-state index contributed by atoms with van der Waals surface area (Å²) in [5.41, 5.74) is 11.5. The molecule has 2 aromatic heterocycles. The van der Waals surface area contributed by atoms with Crippen LogP contribution in [0.25, 0.3) is 17.3 Å². The predicted molar refractivity (Wildman–Crippen MR) is 129 cm³/mol. The van der Waals surface area contributed by atoms with Crippen molar-refractivity contribution in [1.82, 2.24) is 19.9 Å². The third kappa shape index (κ3) is 4.74. The van der Waals surface area contributed by atoms with Crippen LogP contribution in [0.1, 0.15) is 11.1 Å². The van der Waals surface area contributed by atoms with Crippen LogP contribution in [0.3, 0.4) is 0 Å². The highest BCUT2D eigenvalue weighted by Crippen LogP contribution is 2.32. The van der Waals surface area contributed by atoms with Crippen LogP contribution in [0.2, 0.25) is 0 Å². The average molecular weight is 446 g/mol. The summed E-state index contributed by atoms with van der Waals surface area (Å²) >= 11 is 0. The number of hydrogen-bond donors (Lipinski definition) is 3. The van der Waals surface area contributed by atoms with Crippen LogP contribution in [0.15, 0.2) is 48.9 Å². The van der Waals surface area contributed by atoms with Gasteiger partial charge in [-0.1, -0.05) is 0 Å². The van der Waals surface area contributed by atoms with E-state index in [4.69, 9.17) is 15.5 Å². The summed E-state index contributed by atoms with van der Waals surface area (Å²) in [6.45, 7) is 4.65. The van der Waals surface area contributed by atoms with Gasteiger partial charge < -0.3 is 30.7 Å². The summed E-state index contributed by atoms with van der Waals surface area (Å²) in [6, 6.07) is 10.4. The number of pyridine rings is 1. The number of hydrogen-bond acceptors (Lipinski definition) is 9. The molecule has 0 bridgehead atoms. The SMILES string of the molecule is Nc1ncc(-c2cc3c(c(Nc4ccc(N5CCOCC5)cc4)n2)CN(CCO)C=C3)cn1. The lowest BCUT2D eigenvalue weighted by Gasteiger charge is -2.29. The van der Waals surface area contributed by atoms with E-state index in [2.05, 4.69) is 49.4 Å². The van der Waals surface area contributed by atoms with Gasteiger partial charge in [-0.25, -0.2) is 15.0 Å². The molecule has 0 saturated carbocycles. The highest BCUT2D eigenvalue weighted by atomic mass is 16.5. The fourth-order valence-corrected chi connectivity index (χ4v) is 4.07. The van der Waals surface area contributed by atoms with E-state index < -0.39 is 0 Å². The predicted octanol–water partition coefficient (Wildman–Crippen LogP) is 2.48. The Labute approximate surface area is 192 Å². The van der Waals surface area contributed by atoms with Gasteiger partial charge in [0.05, 0.1) is 25.5 Å². The number of nitrogens with zero attached hydrogens (tertiary/aromatic N) is 5. The van der Waals surface area contributed by atoms with Crippen LogP contribution in [0.4, 0.5) is 23.1 Å². The second-order valence-electron chi connectivity index (χ2n) is 8.03. The first-order valence-corrected chi connectivity index (χ1v) is 11.0. The third-order valence-corrected chi connectivity index (χ3v) is 5.85. The van der Waals surface area contributed by atoms with E-state index in [-0.39, 0.29) is 12.6 Å². The van der Waals surface area contributed by atoms with Gasteiger partial charge in [-0.3, -0.25) is 0 Å². The van der Waals surface area contributed by atoms with E-state index in [1.807, 2.05) is 18.3 Å². The van der Waals surface area contributed by atoms with Crippen LogP contribution >= 0.6 is 0 Å². The molecule has 0 amide bonds. The molecule has 33 heavy (non-hydrogen) atoms. The number of rotatable bonds is 6. The minimum atomic E-state index is 0.0970. The van der Waals surface area contributed by atoms with E-state index in [9.17, 15) is 5.11 Å². The second kappa shape index (κ2) is 9.43. The Balaban J connectivity index is 1.46. The summed E-state index contributed by atoms with van der Waals surface area (Å²) in [6.07, 6.45) is 7.42. The monoisotopic (exact) mass is 445 g/mol. The van der Waals surface area contributed by atoms with Crippen LogP contribution < -0.4 is 16.0 Å². The molecule has 1 aromatic carbocycles. The van der Waals surface area contributed by atoms with Gasteiger partial charge in [-0.05, 0) is 42.0 Å². The molecule has 0 aliphatic carbocycles. The molecule has 0 radical (unpaired) electrons. The normalized spacial score (nSPS) is 15.4. The number of aliphatic hydroxyl groups excluding tert-OH is 1. The average Bonchev–Trinajstić information content (AvgIpc) is 2.86. The van der Waals surface area contributed by atoms with E-state index in [0.717, 1.165) is 60.2 Å². The van der Waals surface area contributed by atoms with Crippen LogP contribution in [0.5, 0.6) is 0 Å². The number of nitrogen functional groups attached to an aromatic ring is 1. The molecule has 5 rings (SSSR count). The molecule has 9 heteroatoms. The van der Waals surface area contributed by atoms with E-state index in [1.165, 1.54) is 5.69 Å². The molecule has 0 spiro atoms. The molecule has 1 saturated heterocycles. The van der Waals surface area contributed by atoms with E-state index in [1.54, 1.807) is 12.4 Å². The van der Waals surface area contributed by atoms with Gasteiger partial charge in [0.1, 0.15) is 5.82 Å². The van der Waals surface area contributed by atoms with Crippen LogP contribution in [-0.4, -0.2) is 64.4 Å². The first-order valence-electron chi connectivity index (χ1n) is 11.0. The van der Waals surface area contributed by atoms with E-state index >= 15 is 0 Å². The number of ether oxygens (including phenoxy) is 1. The van der Waals surface area contributed by atoms with Gasteiger partial charge in [0.15, 0.2) is 0 Å². The lowest BCUT2D eigenvalue weighted by Crippen LogP contribution is -2.36. The topological polar surface area (TPSA) is 113 Å². The fourth-order valence-electron chi connectivity index (χ4n) is 4.07. The minimum absolute atomic E-state index is 0.0970. The number of β-amino-alcohol motifs (C(OH)–C–C–N with tert-alkyl or cyclic N) is 1. The zero-order valence-corrected chi connectivity index (χ0v) is 18.3. The van der Waals surface area contributed by atoms with Crippen LogP contribution in [-0.2, 0) is 11.3 Å². The first-order chi connectivity index (χ1) is 16.2. The summed E-state index contributed by atoms with van der Waals surface area (Å²) in [4.78, 5) is 17.5. The van der Waals surface area contributed by atoms with Gasteiger partial charge in [-0.15, -0.1) is 0 Å². The Morgan fingerprint density at radius 1 is 1.09 bits per heavy atom. The summed E-state index contributed by atoms with van der Waals surface area (Å²) in [7, 11) is 0. The summed E-state index contributed by atoms with van der Waals surface area (Å²) < 4.78 is 5.45. The Bertz CT molecular complexity index is 1130. The van der Waals surface area contributed by atoms with Crippen molar-refractivity contribution in [3.63, 3.8) is 0 Å². The highest BCUT2D eigenvalue weighted by Gasteiger charge is 2.19. The molecule has 1 fully saturated rings. The highest BCUT2D eigenvalue weighted by molar-refractivity contribution is 5.74. The van der Waals surface area contributed by atoms with Gasteiger partial charge in [0.2, 0.25) is 5.95 Å². The zero-order chi connectivity index (χ0) is 22.6. The van der Waals surface area contributed by atoms with Gasteiger partial charge in [-0.2, -0.15) is 0 Å². The maximum atomic E-state index is 9.38. The van der Waals surface area contributed by atoms with Crippen molar-refractivity contribution in [1.29, 1.82) is 0 Å². The maximum Gasteiger partial charge on any atom is 0.219 e. The van der Waals surface area contributed by atoms with Gasteiger partial charge in [0.25, 0.3) is 0 Å². The molecule has 9 nitrogen and oxygen atoms in total. The van der Waals surface area contributed by atoms with Crippen molar-refractivity contribution in [2.75, 3.05) is 55.4 Å². The van der Waals surface area contributed by atoms with Crippen LogP contribution in [0, 0.1) is 0 Å². The number of nitrogens with two attached hydrogens (primary N) is 1. The molecule has 0 unspecified atom stereocenters. The molecule has 2 aliphatic rings. The Morgan fingerprint density at radius 2 is 1.85 bits per heavy atom. The third-order valence-electron chi connectivity index (χ3n) is 5.85. The van der Waals surface area contributed by atoms with Crippen molar-refractivity contribution in [3.05, 3.63) is 60.1 Å². The largest absolute Gasteiger partial charge is 0.395 e. The molecule has 4 heterocycles. The lowest BCUT2D eigenvalue weighted by molar-refractivity contribution is 0.122. The number of benzene rings is 1. The van der Waals surface area contributed by atoms with Crippen molar-refractivity contribution >= 4 is 29.2 Å². The molecule has 2 aliphatic heterocycles. The number of aliphatic hydroxyl groups is 1. The molecular formula is C24H27N7O2. The second-order valence-corrected chi connectivity index (χ2v) is 8.03. The smallest absolute Gasteiger partial charge is 0.219 e. The Hall–Kier alpha value is -3.69. The number of fused-ring (bicyclic) bond motifs is 1. The van der Waals surface area contributed by atoms with Gasteiger partial charge >= 0.3 is 0 Å². The molecule has 3 aromatic rings. The van der Waals surface area contributed by atoms with Crippen molar-refractivity contribution in [2.45, 2.75) is 6.54 Å². The minimum Gasteiger partial charge on any atom is -0.395 e. The summed E-state index contributed by atoms with van der Waals surface area (Å²) in [5, 5.41) is 12.9. The van der Waals surface area contributed by atoms with Crippen molar-refractivity contribution in [2.24, 2.45) is 0 Å². The Morgan fingerprint density at radius 3 is 2.58 bits per heavy atom. The fraction of sp³-hybridized carbons (Fsp3) is 0.292. The molecular weight excluding hydrogens is 418 g/mol. The number of nitrogens with one attached hydrogen (secondary N) is 1. The number of aromatic nitrogens is 3. The molecule has 4 N–H and O–H groups in total. The zero-order valence-electron chi connectivity index (χ0n) is 18.3. The molecule has 0 atom stereocenters. The quantitative estimate of drug-likeness (QED) is 0.527. The van der Waals surface area contributed by atoms with E-state index in [0.29, 0.717) is 13.1 Å². The van der Waals surface area contributed by atoms with Crippen molar-refractivity contribution < 1.29 is 9.84 Å². The standard InChI is InChI=1S/C24H27N7O2/c25-24-26-14-18(15-27-24)22-13-17-5-6-30(7-10-32)16-21(17)23(29-22)28-19-1-3-20(4-2-19)31-8-11-33-12-9-31/h1-6,13-15,32H,7-12,16H2,(H,28,29)(H2,25,26,27). The number of anilines is 4. The number of morpholine rings is 1. The summed E-state index contributed by atoms with van der Waals surface area (Å²) in [5.74, 6) is 1.00. The van der Waals surface area contributed by atoms with Crippen molar-refractivity contribution in [3.8, 4) is 11.3 Å². The molecule has 170 valence electrons. The van der Waals surface area contributed by atoms with Gasteiger partial charge in [0, 0.05) is 67.3 Å². The Kier molecular flexibility index (Phi) is 6.05. The maximum absolute atomic E-state index is 9.38.